The van der Waals surface area contributed by atoms with Gasteiger partial charge >= 0.3 is 5.97 Å². The number of aromatic amines is 1. The van der Waals surface area contributed by atoms with E-state index in [1.54, 1.807) is 12.1 Å². The second-order valence-corrected chi connectivity index (χ2v) is 7.24. The number of carbonyl (C=O) groups excluding carboxylic acids is 2. The van der Waals surface area contributed by atoms with Crippen molar-refractivity contribution in [3.8, 4) is 0 Å². The number of hydrogen-bond acceptors (Lipinski definition) is 6. The summed E-state index contributed by atoms with van der Waals surface area (Å²) in [4.78, 5) is 26.5. The minimum atomic E-state index is -0.346. The Balaban J connectivity index is 0.00000240. The zero-order valence-electron chi connectivity index (χ0n) is 16.4. The average molecular weight is 420 g/mol. The van der Waals surface area contributed by atoms with Crippen molar-refractivity contribution in [1.29, 1.82) is 0 Å². The Morgan fingerprint density at radius 2 is 2.07 bits per heavy atom. The zero-order valence-corrected chi connectivity index (χ0v) is 17.2. The lowest BCUT2D eigenvalue weighted by atomic mass is 10.0. The van der Waals surface area contributed by atoms with E-state index >= 15 is 0 Å². The van der Waals surface area contributed by atoms with Crippen molar-refractivity contribution in [1.82, 2.24) is 20.4 Å². The number of piperidine rings is 1. The fourth-order valence-corrected chi connectivity index (χ4v) is 3.87. The monoisotopic (exact) mass is 419 g/mol. The number of methoxy groups -OCH3 is 1. The first-order valence-corrected chi connectivity index (χ1v) is 9.66. The molecule has 1 fully saturated rings. The number of benzene rings is 1. The first-order chi connectivity index (χ1) is 13.7. The quantitative estimate of drug-likeness (QED) is 0.655. The number of nitrogens with one attached hydrogen (secondary N) is 3. The van der Waals surface area contributed by atoms with Crippen LogP contribution >= 0.6 is 12.4 Å². The second-order valence-electron chi connectivity index (χ2n) is 7.24. The smallest absolute Gasteiger partial charge is 0.337 e. The number of anilines is 1. The predicted octanol–water partition coefficient (Wildman–Crippen LogP) is 1.98. The van der Waals surface area contributed by atoms with Crippen LogP contribution in [0.3, 0.4) is 0 Å². The lowest BCUT2D eigenvalue weighted by molar-refractivity contribution is 0.0600. The Kier molecular flexibility index (Phi) is 6.76. The number of likely N-dealkylation sites (tertiary alicyclic amines) is 1. The summed E-state index contributed by atoms with van der Waals surface area (Å²) in [5.41, 5.74) is 4.05. The third-order valence-electron chi connectivity index (χ3n) is 5.45. The second kappa shape index (κ2) is 9.28. The van der Waals surface area contributed by atoms with Crippen LogP contribution in [0.1, 0.15) is 44.9 Å². The van der Waals surface area contributed by atoms with Gasteiger partial charge in [-0.05, 0) is 31.0 Å². The van der Waals surface area contributed by atoms with E-state index in [2.05, 4.69) is 20.8 Å². The van der Waals surface area contributed by atoms with Crippen LogP contribution in [0.4, 0.5) is 5.69 Å². The molecule has 156 valence electrons. The summed E-state index contributed by atoms with van der Waals surface area (Å²) in [5, 5.41) is 14.1. The Morgan fingerprint density at radius 1 is 1.28 bits per heavy atom. The maximum absolute atomic E-state index is 12.9. The summed E-state index contributed by atoms with van der Waals surface area (Å²) < 4.78 is 4.77. The van der Waals surface area contributed by atoms with Crippen molar-refractivity contribution in [2.24, 2.45) is 0 Å². The van der Waals surface area contributed by atoms with Gasteiger partial charge in [0.05, 0.1) is 12.7 Å². The molecular formula is C20H26ClN5O3. The van der Waals surface area contributed by atoms with Crippen LogP contribution in [0.2, 0.25) is 0 Å². The minimum absolute atomic E-state index is 0. The molecule has 2 aliphatic rings. The molecule has 3 heterocycles. The van der Waals surface area contributed by atoms with Gasteiger partial charge in [-0.3, -0.25) is 9.89 Å². The molecule has 1 aromatic heterocycles. The molecule has 1 saturated heterocycles. The van der Waals surface area contributed by atoms with Crippen molar-refractivity contribution in [2.45, 2.75) is 31.8 Å². The highest BCUT2D eigenvalue weighted by Crippen LogP contribution is 2.22. The van der Waals surface area contributed by atoms with Crippen LogP contribution in [-0.2, 0) is 17.7 Å². The minimum Gasteiger partial charge on any atom is -0.465 e. The molecular weight excluding hydrogens is 394 g/mol. The lowest BCUT2D eigenvalue weighted by Gasteiger charge is -2.32. The molecule has 8 nitrogen and oxygen atoms in total. The standard InChI is InChI=1S/C20H25N5O3.ClH/c1-28-20(27)13-3-2-4-15(11-13)22-14-6-9-25(10-7-14)19(26)18-16-12-21-8-5-17(16)23-24-18;/h2-4,11,14,21-22H,5-10,12H2,1H3,(H,23,24);1H. The van der Waals surface area contributed by atoms with Crippen molar-refractivity contribution in [2.75, 3.05) is 32.1 Å². The highest BCUT2D eigenvalue weighted by atomic mass is 35.5. The summed E-state index contributed by atoms with van der Waals surface area (Å²) in [6.45, 7) is 2.98. The summed E-state index contributed by atoms with van der Waals surface area (Å²) >= 11 is 0. The van der Waals surface area contributed by atoms with Crippen molar-refractivity contribution < 1.29 is 14.3 Å². The maximum atomic E-state index is 12.9. The van der Waals surface area contributed by atoms with Crippen LogP contribution in [0, 0.1) is 0 Å². The number of hydrogen-bond donors (Lipinski definition) is 3. The molecule has 0 atom stereocenters. The number of fused-ring (bicyclic) bond motifs is 1. The van der Waals surface area contributed by atoms with Gasteiger partial charge < -0.3 is 20.3 Å². The van der Waals surface area contributed by atoms with Crippen LogP contribution in [-0.4, -0.2) is 59.8 Å². The topological polar surface area (TPSA) is 99.3 Å². The number of rotatable bonds is 4. The van der Waals surface area contributed by atoms with E-state index in [0.717, 1.165) is 42.8 Å². The van der Waals surface area contributed by atoms with Crippen molar-refractivity contribution >= 4 is 30.0 Å². The number of amides is 1. The molecule has 0 saturated carbocycles. The van der Waals surface area contributed by atoms with E-state index in [1.165, 1.54) is 7.11 Å². The van der Waals surface area contributed by atoms with Crippen molar-refractivity contribution in [3.05, 3.63) is 46.8 Å². The highest BCUT2D eigenvalue weighted by molar-refractivity contribution is 5.94. The van der Waals surface area contributed by atoms with Gasteiger partial charge in [0.1, 0.15) is 0 Å². The van der Waals surface area contributed by atoms with Gasteiger partial charge in [-0.2, -0.15) is 5.10 Å². The molecule has 29 heavy (non-hydrogen) atoms. The van der Waals surface area contributed by atoms with Crippen LogP contribution in [0.25, 0.3) is 0 Å². The molecule has 0 unspecified atom stereocenters. The SMILES string of the molecule is COC(=O)c1cccc(NC2CCN(C(=O)c3n[nH]c4c3CNCC4)CC2)c1.Cl. The van der Waals surface area contributed by atoms with Gasteiger partial charge in [0, 0.05) is 55.6 Å². The number of esters is 1. The summed E-state index contributed by atoms with van der Waals surface area (Å²) in [7, 11) is 1.38. The number of nitrogens with zero attached hydrogens (tertiary/aromatic N) is 2. The highest BCUT2D eigenvalue weighted by Gasteiger charge is 2.28. The van der Waals surface area contributed by atoms with Crippen LogP contribution in [0.5, 0.6) is 0 Å². The normalized spacial score (nSPS) is 16.5. The predicted molar refractivity (Wildman–Crippen MR) is 112 cm³/mol. The van der Waals surface area contributed by atoms with Crippen LogP contribution in [0.15, 0.2) is 24.3 Å². The largest absolute Gasteiger partial charge is 0.465 e. The Morgan fingerprint density at radius 3 is 2.83 bits per heavy atom. The molecule has 0 spiro atoms. The van der Waals surface area contributed by atoms with Gasteiger partial charge in [0.25, 0.3) is 5.91 Å². The number of carbonyl (C=O) groups is 2. The Labute approximate surface area is 175 Å². The van der Waals surface area contributed by atoms with Gasteiger partial charge in [0.2, 0.25) is 0 Å². The fraction of sp³-hybridized carbons (Fsp3) is 0.450. The fourth-order valence-electron chi connectivity index (χ4n) is 3.87. The number of halogens is 1. The maximum Gasteiger partial charge on any atom is 0.337 e. The van der Waals surface area contributed by atoms with E-state index in [9.17, 15) is 9.59 Å². The van der Waals surface area contributed by atoms with Crippen LogP contribution < -0.4 is 10.6 Å². The molecule has 2 aliphatic heterocycles. The third-order valence-corrected chi connectivity index (χ3v) is 5.45. The van der Waals surface area contributed by atoms with E-state index < -0.39 is 0 Å². The summed E-state index contributed by atoms with van der Waals surface area (Å²) in [5.74, 6) is -0.340. The van der Waals surface area contributed by atoms with E-state index in [4.69, 9.17) is 4.74 Å². The lowest BCUT2D eigenvalue weighted by Crippen LogP contribution is -2.43. The molecule has 0 bridgehead atoms. The van der Waals surface area contributed by atoms with Crippen molar-refractivity contribution in [3.63, 3.8) is 0 Å². The summed E-state index contributed by atoms with van der Waals surface area (Å²) in [6, 6.07) is 7.56. The molecule has 9 heteroatoms. The molecule has 1 amide bonds. The van der Waals surface area contributed by atoms with Gasteiger partial charge in [-0.1, -0.05) is 6.07 Å². The Hall–Kier alpha value is -2.58. The first-order valence-electron chi connectivity index (χ1n) is 9.66. The molecule has 3 N–H and O–H groups in total. The molecule has 0 aliphatic carbocycles. The average Bonchev–Trinajstić information content (AvgIpc) is 3.17. The van der Waals surface area contributed by atoms with Gasteiger partial charge in [-0.25, -0.2) is 4.79 Å². The first kappa shape index (κ1) is 21.1. The number of H-pyrrole nitrogens is 1. The molecule has 1 aromatic carbocycles. The molecule has 2 aromatic rings. The number of aromatic nitrogens is 2. The van der Waals surface area contributed by atoms with E-state index in [0.29, 0.717) is 30.9 Å². The zero-order chi connectivity index (χ0) is 19.5. The Bertz CT molecular complexity index is 877. The third kappa shape index (κ3) is 4.54. The van der Waals surface area contributed by atoms with Gasteiger partial charge in [-0.15, -0.1) is 12.4 Å². The molecule has 4 rings (SSSR count). The molecule has 0 radical (unpaired) electrons. The van der Waals surface area contributed by atoms with E-state index in [1.807, 2.05) is 17.0 Å². The number of ether oxygens (including phenoxy) is 1. The van der Waals surface area contributed by atoms with Gasteiger partial charge in [0.15, 0.2) is 5.69 Å². The summed E-state index contributed by atoms with van der Waals surface area (Å²) in [6.07, 6.45) is 2.57. The van der Waals surface area contributed by atoms with E-state index in [-0.39, 0.29) is 30.3 Å².